The molecule has 1 aliphatic rings. The van der Waals surface area contributed by atoms with Gasteiger partial charge in [-0.15, -0.1) is 11.8 Å². The predicted molar refractivity (Wildman–Crippen MR) is 110 cm³/mol. The highest BCUT2D eigenvalue weighted by molar-refractivity contribution is 7.98. The molecule has 1 fully saturated rings. The Hall–Kier alpha value is -1.21. The number of benzene rings is 2. The lowest BCUT2D eigenvalue weighted by Crippen LogP contribution is -2.24. The highest BCUT2D eigenvalue weighted by Gasteiger charge is 2.36. The van der Waals surface area contributed by atoms with E-state index >= 15 is 0 Å². The van der Waals surface area contributed by atoms with Gasteiger partial charge in [0.2, 0.25) is 0 Å². The van der Waals surface area contributed by atoms with Crippen LogP contribution in [0.15, 0.2) is 53.6 Å². The third kappa shape index (κ3) is 3.86. The molecule has 7 heteroatoms. The number of hydrogen-bond acceptors (Lipinski definition) is 4. The molecule has 3 atom stereocenters. The molecule has 2 N–H and O–H groups in total. The minimum absolute atomic E-state index is 0.212. The molecule has 2 heterocycles. The van der Waals surface area contributed by atoms with Gasteiger partial charge in [0.15, 0.2) is 0 Å². The second-order valence-electron chi connectivity index (χ2n) is 6.57. The summed E-state index contributed by atoms with van der Waals surface area (Å²) in [5, 5.41) is 22.5. The monoisotopic (exact) mass is 423 g/mol. The van der Waals surface area contributed by atoms with E-state index in [0.717, 1.165) is 21.7 Å². The van der Waals surface area contributed by atoms with E-state index in [2.05, 4.69) is 18.2 Å². The van der Waals surface area contributed by atoms with Crippen molar-refractivity contribution in [3.63, 3.8) is 0 Å². The predicted octanol–water partition coefficient (Wildman–Crippen LogP) is 4.88. The lowest BCUT2D eigenvalue weighted by atomic mass is 10.2. The first-order valence-corrected chi connectivity index (χ1v) is 10.4. The van der Waals surface area contributed by atoms with Crippen LogP contribution in [0.25, 0.3) is 10.9 Å². The highest BCUT2D eigenvalue weighted by atomic mass is 35.5. The summed E-state index contributed by atoms with van der Waals surface area (Å²) in [6.07, 6.45) is -1.24. The SMILES string of the molecule is OC[C@H]1O[C@@H](n2c(SCc3ccccc3)cc3cc(Cl)c(Cl)cc32)CC1O. The van der Waals surface area contributed by atoms with Crippen LogP contribution in [0.2, 0.25) is 10.0 Å². The summed E-state index contributed by atoms with van der Waals surface area (Å²) in [6, 6.07) is 16.0. The normalized spacial score (nSPS) is 22.6. The van der Waals surface area contributed by atoms with Gasteiger partial charge in [0.25, 0.3) is 0 Å². The fraction of sp³-hybridized carbons (Fsp3) is 0.300. The number of ether oxygens (including phenoxy) is 1. The van der Waals surface area contributed by atoms with Gasteiger partial charge in [0.05, 0.1) is 33.3 Å². The molecule has 4 rings (SSSR count). The summed E-state index contributed by atoms with van der Waals surface area (Å²) in [5.41, 5.74) is 2.12. The molecule has 1 aromatic heterocycles. The lowest BCUT2D eigenvalue weighted by Gasteiger charge is -2.18. The standard InChI is InChI=1S/C20H19Cl2NO3S/c21-14-6-13-7-20(27-11-12-4-2-1-3-5-12)23(16(13)8-15(14)22)19-9-17(25)18(10-24)26-19/h1-8,17-19,24-25H,9-11H2/t17?,18-,19-/m1/s1. The van der Waals surface area contributed by atoms with Crippen molar-refractivity contribution in [2.24, 2.45) is 0 Å². The topological polar surface area (TPSA) is 54.6 Å². The number of fused-ring (bicyclic) bond motifs is 1. The maximum Gasteiger partial charge on any atom is 0.138 e. The Morgan fingerprint density at radius 2 is 1.85 bits per heavy atom. The molecular weight excluding hydrogens is 405 g/mol. The lowest BCUT2D eigenvalue weighted by molar-refractivity contribution is -0.0452. The zero-order chi connectivity index (χ0) is 19.0. The van der Waals surface area contributed by atoms with Gasteiger partial charge in [-0.25, -0.2) is 0 Å². The van der Waals surface area contributed by atoms with Gasteiger partial charge in [-0.1, -0.05) is 53.5 Å². The molecule has 2 aromatic carbocycles. The van der Waals surface area contributed by atoms with Gasteiger partial charge in [0.1, 0.15) is 12.3 Å². The maximum absolute atomic E-state index is 10.2. The van der Waals surface area contributed by atoms with E-state index in [0.29, 0.717) is 16.5 Å². The average molecular weight is 424 g/mol. The molecule has 1 saturated heterocycles. The minimum atomic E-state index is -0.702. The number of aliphatic hydroxyl groups excluding tert-OH is 2. The van der Waals surface area contributed by atoms with Crippen molar-refractivity contribution >= 4 is 45.9 Å². The van der Waals surface area contributed by atoms with Crippen LogP contribution in [0.5, 0.6) is 0 Å². The summed E-state index contributed by atoms with van der Waals surface area (Å²) in [7, 11) is 0. The summed E-state index contributed by atoms with van der Waals surface area (Å²) in [6.45, 7) is -0.212. The summed E-state index contributed by atoms with van der Waals surface area (Å²) in [5.74, 6) is 0.803. The van der Waals surface area contributed by atoms with Crippen LogP contribution in [0.3, 0.4) is 0 Å². The van der Waals surface area contributed by atoms with Crippen molar-refractivity contribution < 1.29 is 14.9 Å². The number of hydrogen-bond donors (Lipinski definition) is 2. The van der Waals surface area contributed by atoms with Crippen LogP contribution < -0.4 is 0 Å². The number of thioether (sulfide) groups is 1. The smallest absolute Gasteiger partial charge is 0.138 e. The maximum atomic E-state index is 10.2. The first-order chi connectivity index (χ1) is 13.1. The number of halogens is 2. The first-order valence-electron chi connectivity index (χ1n) is 8.68. The zero-order valence-electron chi connectivity index (χ0n) is 14.4. The van der Waals surface area contributed by atoms with Crippen LogP contribution in [-0.4, -0.2) is 33.6 Å². The Labute approximate surface area is 171 Å². The van der Waals surface area contributed by atoms with E-state index in [4.69, 9.17) is 27.9 Å². The molecule has 142 valence electrons. The van der Waals surface area contributed by atoms with E-state index in [-0.39, 0.29) is 12.8 Å². The molecule has 3 aromatic rings. The first kappa shape index (κ1) is 19.1. The molecule has 4 nitrogen and oxygen atoms in total. The Morgan fingerprint density at radius 1 is 1.11 bits per heavy atom. The van der Waals surface area contributed by atoms with Gasteiger partial charge in [-0.3, -0.25) is 0 Å². The minimum Gasteiger partial charge on any atom is -0.394 e. The molecule has 0 aliphatic carbocycles. The Bertz CT molecular complexity index is 947. The van der Waals surface area contributed by atoms with Gasteiger partial charge in [-0.2, -0.15) is 0 Å². The van der Waals surface area contributed by atoms with E-state index in [9.17, 15) is 10.2 Å². The Balaban J connectivity index is 1.73. The van der Waals surface area contributed by atoms with Crippen LogP contribution in [-0.2, 0) is 10.5 Å². The Morgan fingerprint density at radius 3 is 2.56 bits per heavy atom. The molecule has 1 aliphatic heterocycles. The molecular formula is C20H19Cl2NO3S. The molecule has 0 spiro atoms. The second-order valence-corrected chi connectivity index (χ2v) is 8.38. The number of aromatic nitrogens is 1. The van der Waals surface area contributed by atoms with Crippen molar-refractivity contribution in [2.75, 3.05) is 6.61 Å². The van der Waals surface area contributed by atoms with Crippen LogP contribution in [0, 0.1) is 0 Å². The van der Waals surface area contributed by atoms with Crippen molar-refractivity contribution in [1.82, 2.24) is 4.57 Å². The summed E-state index contributed by atoms with van der Waals surface area (Å²) in [4.78, 5) is 0. The molecule has 0 amide bonds. The fourth-order valence-electron chi connectivity index (χ4n) is 3.37. The number of rotatable bonds is 5. The van der Waals surface area contributed by atoms with Gasteiger partial charge >= 0.3 is 0 Å². The van der Waals surface area contributed by atoms with E-state index in [1.54, 1.807) is 11.8 Å². The molecule has 0 bridgehead atoms. The second kappa shape index (κ2) is 8.03. The quantitative estimate of drug-likeness (QED) is 0.574. The van der Waals surface area contributed by atoms with E-state index in [1.165, 1.54) is 5.56 Å². The van der Waals surface area contributed by atoms with Gasteiger partial charge < -0.3 is 19.5 Å². The highest BCUT2D eigenvalue weighted by Crippen LogP contribution is 2.40. The zero-order valence-corrected chi connectivity index (χ0v) is 16.7. The fourth-order valence-corrected chi connectivity index (χ4v) is 4.78. The molecule has 1 unspecified atom stereocenters. The van der Waals surface area contributed by atoms with Crippen molar-refractivity contribution in [2.45, 2.75) is 35.6 Å². The largest absolute Gasteiger partial charge is 0.394 e. The number of aliphatic hydroxyl groups is 2. The van der Waals surface area contributed by atoms with Gasteiger partial charge in [0, 0.05) is 17.6 Å². The molecule has 0 saturated carbocycles. The van der Waals surface area contributed by atoms with Crippen LogP contribution >= 0.6 is 35.0 Å². The number of nitrogens with zero attached hydrogens (tertiary/aromatic N) is 1. The van der Waals surface area contributed by atoms with E-state index < -0.39 is 12.2 Å². The average Bonchev–Trinajstić information content (AvgIpc) is 3.20. The van der Waals surface area contributed by atoms with Gasteiger partial charge in [-0.05, 0) is 23.8 Å². The van der Waals surface area contributed by atoms with Crippen molar-refractivity contribution in [3.05, 3.63) is 64.1 Å². The third-order valence-electron chi connectivity index (χ3n) is 4.75. The molecule has 0 radical (unpaired) electrons. The van der Waals surface area contributed by atoms with Crippen molar-refractivity contribution in [1.29, 1.82) is 0 Å². The molecule has 27 heavy (non-hydrogen) atoms. The third-order valence-corrected chi connectivity index (χ3v) is 6.56. The summed E-state index contributed by atoms with van der Waals surface area (Å²) < 4.78 is 7.96. The van der Waals surface area contributed by atoms with Crippen LogP contribution in [0.1, 0.15) is 18.2 Å². The summed E-state index contributed by atoms with van der Waals surface area (Å²) >= 11 is 14.1. The van der Waals surface area contributed by atoms with Crippen molar-refractivity contribution in [3.8, 4) is 0 Å². The van der Waals surface area contributed by atoms with Crippen LogP contribution in [0.4, 0.5) is 0 Å². The van der Waals surface area contributed by atoms with E-state index in [1.807, 2.05) is 34.9 Å². The Kier molecular flexibility index (Phi) is 5.69.